The lowest BCUT2D eigenvalue weighted by Gasteiger charge is -2.19. The molecule has 1 N–H and O–H groups in total. The number of hydrogen-bond acceptors (Lipinski definition) is 4. The average molecular weight is 392 g/mol. The molecule has 0 aliphatic carbocycles. The Morgan fingerprint density at radius 2 is 1.66 bits per heavy atom. The molecule has 0 aromatic heterocycles. The van der Waals surface area contributed by atoms with Gasteiger partial charge in [-0.3, -0.25) is 4.79 Å². The van der Waals surface area contributed by atoms with Gasteiger partial charge in [0.15, 0.2) is 17.6 Å². The van der Waals surface area contributed by atoms with Crippen LogP contribution in [0.2, 0.25) is 0 Å². The van der Waals surface area contributed by atoms with Crippen LogP contribution in [0.15, 0.2) is 65.9 Å². The molecule has 0 saturated carbocycles. The van der Waals surface area contributed by atoms with E-state index in [1.165, 1.54) is 5.56 Å². The summed E-state index contributed by atoms with van der Waals surface area (Å²) in [6.45, 7) is 8.24. The Bertz CT molecular complexity index is 918. The molecule has 2 aromatic carbocycles. The van der Waals surface area contributed by atoms with Crippen molar-refractivity contribution in [2.45, 2.75) is 52.1 Å². The number of carbonyl (C=O) groups is 2. The largest absolute Gasteiger partial charge is 0.507 e. The van der Waals surface area contributed by atoms with E-state index in [-0.39, 0.29) is 22.5 Å². The highest BCUT2D eigenvalue weighted by atomic mass is 16.6. The van der Waals surface area contributed by atoms with Gasteiger partial charge in [0.05, 0.1) is 0 Å². The van der Waals surface area contributed by atoms with Crippen LogP contribution < -0.4 is 0 Å². The number of ether oxygens (including phenoxy) is 1. The molecule has 4 nitrogen and oxygen atoms in total. The lowest BCUT2D eigenvalue weighted by Crippen LogP contribution is -2.20. The second-order valence-electron chi connectivity index (χ2n) is 8.76. The van der Waals surface area contributed by atoms with Gasteiger partial charge in [-0.1, -0.05) is 82.3 Å². The molecular formula is C25H28O4. The van der Waals surface area contributed by atoms with Crippen LogP contribution in [0.3, 0.4) is 0 Å². The van der Waals surface area contributed by atoms with Crippen molar-refractivity contribution in [3.63, 3.8) is 0 Å². The zero-order chi connectivity index (χ0) is 21.2. The maximum atomic E-state index is 12.9. The van der Waals surface area contributed by atoms with Crippen LogP contribution in [0.4, 0.5) is 0 Å². The van der Waals surface area contributed by atoms with Crippen LogP contribution in [-0.2, 0) is 32.6 Å². The lowest BCUT2D eigenvalue weighted by molar-refractivity contribution is -0.141. The van der Waals surface area contributed by atoms with Gasteiger partial charge in [0.2, 0.25) is 0 Å². The summed E-state index contributed by atoms with van der Waals surface area (Å²) in [6.07, 6.45) is 0.0382. The summed E-state index contributed by atoms with van der Waals surface area (Å²) in [5.74, 6) is -1.79. The molecule has 2 unspecified atom stereocenters. The van der Waals surface area contributed by atoms with Crippen molar-refractivity contribution < 1.29 is 19.4 Å². The van der Waals surface area contributed by atoms with Crippen LogP contribution in [-0.4, -0.2) is 23.0 Å². The quantitative estimate of drug-likeness (QED) is 0.571. The number of aliphatic hydroxyl groups excluding tert-OH is 1. The molecule has 3 rings (SSSR count). The number of rotatable bonds is 6. The Kier molecular flexibility index (Phi) is 5.92. The van der Waals surface area contributed by atoms with E-state index in [2.05, 4.69) is 32.9 Å². The number of hydrogen-bond donors (Lipinski definition) is 1. The Labute approximate surface area is 172 Å². The Hall–Kier alpha value is -2.88. The predicted molar refractivity (Wildman–Crippen MR) is 113 cm³/mol. The van der Waals surface area contributed by atoms with E-state index in [1.807, 2.05) is 42.5 Å². The van der Waals surface area contributed by atoms with Crippen molar-refractivity contribution in [3.8, 4) is 0 Å². The summed E-state index contributed by atoms with van der Waals surface area (Å²) in [7, 11) is 0. The third kappa shape index (κ3) is 4.76. The first-order chi connectivity index (χ1) is 13.7. The van der Waals surface area contributed by atoms with Crippen LogP contribution >= 0.6 is 0 Å². The van der Waals surface area contributed by atoms with E-state index in [0.29, 0.717) is 12.8 Å². The molecule has 1 aliphatic heterocycles. The van der Waals surface area contributed by atoms with Gasteiger partial charge in [0.25, 0.3) is 0 Å². The van der Waals surface area contributed by atoms with E-state index in [4.69, 9.17) is 4.74 Å². The van der Waals surface area contributed by atoms with E-state index in [9.17, 15) is 14.7 Å². The number of ketones is 1. The highest BCUT2D eigenvalue weighted by Crippen LogP contribution is 2.28. The number of Topliss-reactive ketones (excluding diaryl/α,β-unsaturated/α-hetero) is 1. The number of cyclic esters (lactones) is 1. The summed E-state index contributed by atoms with van der Waals surface area (Å²) in [6, 6.07) is 17.6. The van der Waals surface area contributed by atoms with E-state index in [0.717, 1.165) is 11.1 Å². The maximum Gasteiger partial charge on any atom is 0.346 e. The minimum atomic E-state index is -0.804. The third-order valence-corrected chi connectivity index (χ3v) is 5.33. The normalized spacial score (nSPS) is 17.9. The summed E-state index contributed by atoms with van der Waals surface area (Å²) in [5, 5.41) is 10.5. The summed E-state index contributed by atoms with van der Waals surface area (Å²) >= 11 is 0. The fourth-order valence-corrected chi connectivity index (χ4v) is 3.54. The Morgan fingerprint density at radius 3 is 2.24 bits per heavy atom. The summed E-state index contributed by atoms with van der Waals surface area (Å²) in [5.41, 5.74) is 3.04. The second kappa shape index (κ2) is 8.24. The van der Waals surface area contributed by atoms with Gasteiger partial charge < -0.3 is 9.84 Å². The smallest absolute Gasteiger partial charge is 0.346 e. The van der Waals surface area contributed by atoms with Gasteiger partial charge in [0.1, 0.15) is 5.57 Å². The van der Waals surface area contributed by atoms with Crippen LogP contribution in [0.25, 0.3) is 0 Å². The zero-order valence-electron chi connectivity index (χ0n) is 17.4. The molecule has 0 saturated heterocycles. The molecule has 0 spiro atoms. The molecule has 2 aromatic rings. The Balaban J connectivity index is 1.71. The molecule has 1 aliphatic rings. The number of esters is 1. The fraction of sp³-hybridized carbons (Fsp3) is 0.360. The van der Waals surface area contributed by atoms with Crippen molar-refractivity contribution in [1.82, 2.24) is 0 Å². The van der Waals surface area contributed by atoms with Gasteiger partial charge >= 0.3 is 5.97 Å². The van der Waals surface area contributed by atoms with E-state index >= 15 is 0 Å². The van der Waals surface area contributed by atoms with Crippen molar-refractivity contribution in [2.24, 2.45) is 5.92 Å². The molecule has 0 amide bonds. The van der Waals surface area contributed by atoms with Crippen molar-refractivity contribution in [3.05, 3.63) is 82.6 Å². The number of benzene rings is 2. The molecule has 152 valence electrons. The first-order valence-corrected chi connectivity index (χ1v) is 9.98. The van der Waals surface area contributed by atoms with Crippen molar-refractivity contribution >= 4 is 11.8 Å². The van der Waals surface area contributed by atoms with Crippen molar-refractivity contribution in [2.75, 3.05) is 0 Å². The summed E-state index contributed by atoms with van der Waals surface area (Å²) in [4.78, 5) is 25.2. The molecule has 0 radical (unpaired) electrons. The van der Waals surface area contributed by atoms with E-state index in [1.54, 1.807) is 6.92 Å². The highest BCUT2D eigenvalue weighted by Gasteiger charge is 2.39. The molecule has 4 heteroatoms. The van der Waals surface area contributed by atoms with Gasteiger partial charge in [-0.25, -0.2) is 4.79 Å². The van der Waals surface area contributed by atoms with Gasteiger partial charge in [-0.05, 0) is 28.5 Å². The van der Waals surface area contributed by atoms with Gasteiger partial charge in [-0.2, -0.15) is 0 Å². The molecule has 2 atom stereocenters. The van der Waals surface area contributed by atoms with Crippen LogP contribution in [0.1, 0.15) is 44.4 Å². The molecular weight excluding hydrogens is 364 g/mol. The predicted octanol–water partition coefficient (Wildman–Crippen LogP) is 4.71. The minimum Gasteiger partial charge on any atom is -0.507 e. The van der Waals surface area contributed by atoms with Gasteiger partial charge in [0, 0.05) is 12.3 Å². The molecule has 29 heavy (non-hydrogen) atoms. The zero-order valence-corrected chi connectivity index (χ0v) is 17.4. The number of carbonyl (C=O) groups excluding carboxylic acids is 2. The summed E-state index contributed by atoms with van der Waals surface area (Å²) < 4.78 is 5.28. The SMILES string of the molecule is CC(Cc1ccc(C(C)(C)C)cc1)C(=O)C1=C(O)C(Cc2ccccc2)OC1=O. The third-order valence-electron chi connectivity index (χ3n) is 5.33. The number of aliphatic hydroxyl groups is 1. The minimum absolute atomic E-state index is 0.0674. The first-order valence-electron chi connectivity index (χ1n) is 9.98. The van der Waals surface area contributed by atoms with E-state index < -0.39 is 18.0 Å². The molecule has 1 heterocycles. The average Bonchev–Trinajstić information content (AvgIpc) is 2.95. The van der Waals surface area contributed by atoms with Crippen molar-refractivity contribution in [1.29, 1.82) is 0 Å². The fourth-order valence-electron chi connectivity index (χ4n) is 3.54. The highest BCUT2D eigenvalue weighted by molar-refractivity contribution is 6.19. The second-order valence-corrected chi connectivity index (χ2v) is 8.76. The molecule has 0 fully saturated rings. The maximum absolute atomic E-state index is 12.9. The first kappa shape index (κ1) is 20.8. The van der Waals surface area contributed by atoms with Gasteiger partial charge in [-0.15, -0.1) is 0 Å². The lowest BCUT2D eigenvalue weighted by atomic mass is 9.85. The standard InChI is InChI=1S/C25H28O4/c1-16(14-18-10-12-19(13-11-18)25(2,3)4)22(26)21-23(27)20(29-24(21)28)15-17-8-6-5-7-9-17/h5-13,16,20,27H,14-15H2,1-4H3. The topological polar surface area (TPSA) is 63.6 Å². The Morgan fingerprint density at radius 1 is 1.03 bits per heavy atom. The van der Waals surface area contributed by atoms with Crippen LogP contribution in [0.5, 0.6) is 0 Å². The monoisotopic (exact) mass is 392 g/mol. The molecule has 0 bridgehead atoms. The van der Waals surface area contributed by atoms with Crippen LogP contribution in [0, 0.1) is 5.92 Å².